The van der Waals surface area contributed by atoms with Gasteiger partial charge in [0.25, 0.3) is 5.91 Å². The number of hydrogen-bond donors (Lipinski definition) is 1. The van der Waals surface area contributed by atoms with E-state index < -0.39 is 0 Å². The Labute approximate surface area is 128 Å². The van der Waals surface area contributed by atoms with Gasteiger partial charge in [-0.3, -0.25) is 4.79 Å². The molecule has 1 aliphatic rings. The van der Waals surface area contributed by atoms with Gasteiger partial charge in [0.2, 0.25) is 0 Å². The van der Waals surface area contributed by atoms with Gasteiger partial charge in [-0.15, -0.1) is 0 Å². The van der Waals surface area contributed by atoms with Crippen molar-refractivity contribution in [1.82, 2.24) is 5.32 Å². The van der Waals surface area contributed by atoms with Crippen LogP contribution in [-0.2, 0) is 0 Å². The Morgan fingerprint density at radius 2 is 2.05 bits per heavy atom. The highest BCUT2D eigenvalue weighted by molar-refractivity contribution is 5.95. The second-order valence-corrected chi connectivity index (χ2v) is 7.03. The summed E-state index contributed by atoms with van der Waals surface area (Å²) in [5, 5.41) is 3.27. The van der Waals surface area contributed by atoms with Gasteiger partial charge in [0, 0.05) is 6.04 Å². The summed E-state index contributed by atoms with van der Waals surface area (Å²) in [7, 11) is 0. The number of nitrogens with one attached hydrogen (secondary N) is 1. The van der Waals surface area contributed by atoms with Gasteiger partial charge in [-0.2, -0.15) is 0 Å². The standard InChI is InChI=1S/C18H29NO2/c1-12(2)11-13(3)15-7-5-6-8-17(15)19-18(20)16-9-10-21-14(16)4/h9-10,12-13,15,17H,5-8,11H2,1-4H3,(H,19,20). The van der Waals surface area contributed by atoms with E-state index in [4.69, 9.17) is 4.42 Å². The van der Waals surface area contributed by atoms with Crippen LogP contribution in [0.15, 0.2) is 16.7 Å². The minimum atomic E-state index is 0.0231. The van der Waals surface area contributed by atoms with E-state index in [1.54, 1.807) is 12.3 Å². The smallest absolute Gasteiger partial charge is 0.255 e. The molecule has 0 spiro atoms. The summed E-state index contributed by atoms with van der Waals surface area (Å²) in [6.07, 6.45) is 7.69. The second kappa shape index (κ2) is 7.15. The Hall–Kier alpha value is -1.25. The third-order valence-corrected chi connectivity index (χ3v) is 4.81. The topological polar surface area (TPSA) is 42.2 Å². The van der Waals surface area contributed by atoms with E-state index in [1.807, 2.05) is 6.92 Å². The molecule has 1 aromatic heterocycles. The Balaban J connectivity index is 2.02. The third-order valence-electron chi connectivity index (χ3n) is 4.81. The van der Waals surface area contributed by atoms with Crippen molar-refractivity contribution in [2.75, 3.05) is 0 Å². The quantitative estimate of drug-likeness (QED) is 0.864. The van der Waals surface area contributed by atoms with Crippen molar-refractivity contribution >= 4 is 5.91 Å². The van der Waals surface area contributed by atoms with Gasteiger partial charge in [-0.25, -0.2) is 0 Å². The lowest BCUT2D eigenvalue weighted by Crippen LogP contribution is -2.44. The van der Waals surface area contributed by atoms with Crippen molar-refractivity contribution in [3.05, 3.63) is 23.7 Å². The molecule has 1 amide bonds. The predicted molar refractivity (Wildman–Crippen MR) is 85.3 cm³/mol. The average molecular weight is 291 g/mol. The molecule has 0 saturated heterocycles. The van der Waals surface area contributed by atoms with E-state index in [1.165, 1.54) is 25.7 Å². The fraction of sp³-hybridized carbons (Fsp3) is 0.722. The molecule has 0 aliphatic heterocycles. The lowest BCUT2D eigenvalue weighted by atomic mass is 9.74. The monoisotopic (exact) mass is 291 g/mol. The summed E-state index contributed by atoms with van der Waals surface area (Å²) in [4.78, 5) is 12.4. The van der Waals surface area contributed by atoms with Crippen molar-refractivity contribution in [3.63, 3.8) is 0 Å². The number of furan rings is 1. The molecule has 1 saturated carbocycles. The molecule has 118 valence electrons. The van der Waals surface area contributed by atoms with Crippen LogP contribution in [0.5, 0.6) is 0 Å². The first-order valence-electron chi connectivity index (χ1n) is 8.34. The van der Waals surface area contributed by atoms with Crippen LogP contribution in [0, 0.1) is 24.7 Å². The summed E-state index contributed by atoms with van der Waals surface area (Å²) in [6.45, 7) is 8.75. The van der Waals surface area contributed by atoms with E-state index in [9.17, 15) is 4.79 Å². The van der Waals surface area contributed by atoms with Crippen molar-refractivity contribution < 1.29 is 9.21 Å². The van der Waals surface area contributed by atoms with Crippen LogP contribution in [0.1, 0.15) is 69.0 Å². The normalized spacial score (nSPS) is 24.0. The van der Waals surface area contributed by atoms with Crippen LogP contribution in [0.25, 0.3) is 0 Å². The summed E-state index contributed by atoms with van der Waals surface area (Å²) in [5.74, 6) is 2.72. The molecule has 1 heterocycles. The van der Waals surface area contributed by atoms with E-state index in [2.05, 4.69) is 26.1 Å². The van der Waals surface area contributed by atoms with E-state index in [0.29, 0.717) is 29.2 Å². The number of carbonyl (C=O) groups excluding carboxylic acids is 1. The van der Waals surface area contributed by atoms with Crippen LogP contribution in [0.3, 0.4) is 0 Å². The van der Waals surface area contributed by atoms with E-state index >= 15 is 0 Å². The molecule has 3 heteroatoms. The fourth-order valence-electron chi connectivity index (χ4n) is 3.80. The largest absolute Gasteiger partial charge is 0.469 e. The Morgan fingerprint density at radius 3 is 2.67 bits per heavy atom. The van der Waals surface area contributed by atoms with Gasteiger partial charge in [0.1, 0.15) is 5.76 Å². The van der Waals surface area contributed by atoms with Crippen LogP contribution in [0.4, 0.5) is 0 Å². The van der Waals surface area contributed by atoms with Crippen molar-refractivity contribution in [2.45, 2.75) is 65.8 Å². The molecular formula is C18H29NO2. The number of amides is 1. The van der Waals surface area contributed by atoms with E-state index in [-0.39, 0.29) is 5.91 Å². The van der Waals surface area contributed by atoms with Crippen LogP contribution in [0.2, 0.25) is 0 Å². The van der Waals surface area contributed by atoms with Crippen molar-refractivity contribution in [3.8, 4) is 0 Å². The highest BCUT2D eigenvalue weighted by Crippen LogP contribution is 2.33. The second-order valence-electron chi connectivity index (χ2n) is 7.03. The van der Waals surface area contributed by atoms with Crippen molar-refractivity contribution in [2.24, 2.45) is 17.8 Å². The first-order valence-corrected chi connectivity index (χ1v) is 8.34. The lowest BCUT2D eigenvalue weighted by Gasteiger charge is -2.37. The fourth-order valence-corrected chi connectivity index (χ4v) is 3.80. The Kier molecular flexibility index (Phi) is 5.49. The summed E-state index contributed by atoms with van der Waals surface area (Å²) in [6, 6.07) is 2.08. The zero-order chi connectivity index (χ0) is 15.4. The maximum atomic E-state index is 12.4. The maximum absolute atomic E-state index is 12.4. The molecule has 1 N–H and O–H groups in total. The zero-order valence-electron chi connectivity index (χ0n) is 13.8. The number of rotatable bonds is 5. The number of aryl methyl sites for hydroxylation is 1. The van der Waals surface area contributed by atoms with Crippen LogP contribution in [-0.4, -0.2) is 11.9 Å². The molecule has 0 radical (unpaired) electrons. The summed E-state index contributed by atoms with van der Waals surface area (Å²) >= 11 is 0. The maximum Gasteiger partial charge on any atom is 0.255 e. The Morgan fingerprint density at radius 1 is 1.33 bits per heavy atom. The van der Waals surface area contributed by atoms with Crippen LogP contribution >= 0.6 is 0 Å². The van der Waals surface area contributed by atoms with Crippen LogP contribution < -0.4 is 5.32 Å². The molecule has 3 nitrogen and oxygen atoms in total. The highest BCUT2D eigenvalue weighted by atomic mass is 16.3. The molecule has 3 atom stereocenters. The SMILES string of the molecule is Cc1occc1C(=O)NC1CCCCC1C(C)CC(C)C. The van der Waals surface area contributed by atoms with Gasteiger partial charge < -0.3 is 9.73 Å². The molecule has 1 aliphatic carbocycles. The molecule has 2 rings (SSSR count). The zero-order valence-corrected chi connectivity index (χ0v) is 13.8. The lowest BCUT2D eigenvalue weighted by molar-refractivity contribution is 0.0876. The Bertz CT molecular complexity index is 464. The molecule has 1 aromatic rings. The number of hydrogen-bond acceptors (Lipinski definition) is 2. The highest BCUT2D eigenvalue weighted by Gasteiger charge is 2.31. The third kappa shape index (κ3) is 4.12. The minimum absolute atomic E-state index is 0.0231. The summed E-state index contributed by atoms with van der Waals surface area (Å²) < 4.78 is 5.24. The molecule has 0 bridgehead atoms. The molecule has 21 heavy (non-hydrogen) atoms. The van der Waals surface area contributed by atoms with Gasteiger partial charge in [-0.05, 0) is 50.0 Å². The number of carbonyl (C=O) groups is 1. The van der Waals surface area contributed by atoms with Gasteiger partial charge in [-0.1, -0.05) is 33.6 Å². The van der Waals surface area contributed by atoms with Gasteiger partial charge >= 0.3 is 0 Å². The van der Waals surface area contributed by atoms with Gasteiger partial charge in [0.05, 0.1) is 11.8 Å². The first-order chi connectivity index (χ1) is 9.99. The van der Waals surface area contributed by atoms with Crippen molar-refractivity contribution in [1.29, 1.82) is 0 Å². The molecule has 3 unspecified atom stereocenters. The average Bonchev–Trinajstić information content (AvgIpc) is 2.84. The molecule has 0 aromatic carbocycles. The molecule has 1 fully saturated rings. The van der Waals surface area contributed by atoms with E-state index in [0.717, 1.165) is 12.3 Å². The minimum Gasteiger partial charge on any atom is -0.469 e. The first kappa shape index (κ1) is 16.1. The predicted octanol–water partition coefficient (Wildman–Crippen LogP) is 4.56. The summed E-state index contributed by atoms with van der Waals surface area (Å²) in [5.41, 5.74) is 0.677. The molecular weight excluding hydrogens is 262 g/mol. The van der Waals surface area contributed by atoms with Gasteiger partial charge in [0.15, 0.2) is 0 Å².